The molecule has 1 saturated heterocycles. The summed E-state index contributed by atoms with van der Waals surface area (Å²) in [6.45, 7) is 17.0. The molecular formula is C20H41N5O2. The van der Waals surface area contributed by atoms with Crippen LogP contribution in [0.1, 0.15) is 47.5 Å². The highest BCUT2D eigenvalue weighted by Crippen LogP contribution is 2.44. The fourth-order valence-corrected chi connectivity index (χ4v) is 3.09. The second-order valence-electron chi connectivity index (χ2n) is 9.16. The average molecular weight is 384 g/mol. The highest BCUT2D eigenvalue weighted by molar-refractivity contribution is 6.03. The van der Waals surface area contributed by atoms with E-state index < -0.39 is 0 Å². The van der Waals surface area contributed by atoms with Crippen LogP contribution in [-0.4, -0.2) is 69.1 Å². The standard InChI is InChI=1S/C20H41N5O2/c1-19(2,3)20(4,5)15-16-14-17(26)25(18(16)27)13-12-24-11-10-23-9-8-22-7-6-21/h16,22-24H,6-15,21H2,1-5H3. The van der Waals surface area contributed by atoms with Crippen LogP contribution < -0.4 is 21.7 Å². The van der Waals surface area contributed by atoms with Gasteiger partial charge in [0, 0.05) is 64.7 Å². The Kier molecular flexibility index (Phi) is 9.87. The maximum atomic E-state index is 12.7. The molecule has 0 saturated carbocycles. The summed E-state index contributed by atoms with van der Waals surface area (Å²) < 4.78 is 0. The first kappa shape index (κ1) is 24.0. The first-order valence-corrected chi connectivity index (χ1v) is 10.3. The number of nitrogens with zero attached hydrogens (tertiary/aromatic N) is 1. The average Bonchev–Trinajstić information content (AvgIpc) is 2.82. The van der Waals surface area contributed by atoms with Gasteiger partial charge in [-0.1, -0.05) is 34.6 Å². The van der Waals surface area contributed by atoms with E-state index in [1.54, 1.807) is 0 Å². The Labute approximate surface area is 165 Å². The predicted octanol–water partition coefficient (Wildman–Crippen LogP) is 0.551. The van der Waals surface area contributed by atoms with Crippen LogP contribution in [0.15, 0.2) is 0 Å². The van der Waals surface area contributed by atoms with E-state index in [9.17, 15) is 9.59 Å². The van der Waals surface area contributed by atoms with Gasteiger partial charge in [0.15, 0.2) is 0 Å². The summed E-state index contributed by atoms with van der Waals surface area (Å²) >= 11 is 0. The molecule has 0 aromatic heterocycles. The molecule has 158 valence electrons. The van der Waals surface area contributed by atoms with E-state index >= 15 is 0 Å². The number of nitrogens with one attached hydrogen (secondary N) is 3. The van der Waals surface area contributed by atoms with Crippen molar-refractivity contribution in [2.75, 3.05) is 52.4 Å². The maximum absolute atomic E-state index is 12.7. The highest BCUT2D eigenvalue weighted by atomic mass is 16.2. The lowest BCUT2D eigenvalue weighted by molar-refractivity contribution is -0.139. The van der Waals surface area contributed by atoms with Crippen molar-refractivity contribution in [1.29, 1.82) is 0 Å². The van der Waals surface area contributed by atoms with Crippen LogP contribution in [0.2, 0.25) is 0 Å². The Bertz CT molecular complexity index is 473. The summed E-state index contributed by atoms with van der Waals surface area (Å²) in [7, 11) is 0. The molecule has 0 aliphatic carbocycles. The molecule has 1 aliphatic rings. The zero-order chi connectivity index (χ0) is 20.5. The molecule has 0 radical (unpaired) electrons. The molecule has 2 amide bonds. The normalized spacial score (nSPS) is 18.6. The van der Waals surface area contributed by atoms with Gasteiger partial charge in [0.1, 0.15) is 0 Å². The topological polar surface area (TPSA) is 99.5 Å². The van der Waals surface area contributed by atoms with Gasteiger partial charge >= 0.3 is 0 Å². The first-order valence-electron chi connectivity index (χ1n) is 10.3. The van der Waals surface area contributed by atoms with Crippen LogP contribution in [0, 0.1) is 16.7 Å². The van der Waals surface area contributed by atoms with Gasteiger partial charge in [0.25, 0.3) is 0 Å². The summed E-state index contributed by atoms with van der Waals surface area (Å²) in [5.41, 5.74) is 5.51. The fourth-order valence-electron chi connectivity index (χ4n) is 3.09. The molecule has 0 aromatic carbocycles. The zero-order valence-corrected chi connectivity index (χ0v) is 18.0. The molecule has 1 heterocycles. The van der Waals surface area contributed by atoms with E-state index in [-0.39, 0.29) is 28.6 Å². The largest absolute Gasteiger partial charge is 0.329 e. The van der Waals surface area contributed by atoms with E-state index in [1.165, 1.54) is 4.90 Å². The summed E-state index contributed by atoms with van der Waals surface area (Å²) in [4.78, 5) is 26.4. The Balaban J connectivity index is 2.25. The quantitative estimate of drug-likeness (QED) is 0.274. The number of likely N-dealkylation sites (tertiary alicyclic amines) is 1. The van der Waals surface area contributed by atoms with Crippen LogP contribution in [-0.2, 0) is 9.59 Å². The molecule has 7 heteroatoms. The molecule has 1 rings (SSSR count). The van der Waals surface area contributed by atoms with Gasteiger partial charge in [-0.2, -0.15) is 0 Å². The summed E-state index contributed by atoms with van der Waals surface area (Å²) in [5.74, 6) is -0.196. The van der Waals surface area contributed by atoms with Crippen molar-refractivity contribution in [2.24, 2.45) is 22.5 Å². The number of amides is 2. The predicted molar refractivity (Wildman–Crippen MR) is 110 cm³/mol. The Morgan fingerprint density at radius 1 is 0.926 bits per heavy atom. The lowest BCUT2D eigenvalue weighted by Gasteiger charge is -2.40. The number of hydrogen-bond acceptors (Lipinski definition) is 6. The summed E-state index contributed by atoms with van der Waals surface area (Å²) in [6, 6.07) is 0. The SMILES string of the molecule is CC(C)(C)C(C)(C)CC1CC(=O)N(CCNCCNCCNCCN)C1=O. The smallest absolute Gasteiger partial charge is 0.232 e. The van der Waals surface area contributed by atoms with Crippen molar-refractivity contribution in [3.8, 4) is 0 Å². The number of nitrogens with two attached hydrogens (primary N) is 1. The van der Waals surface area contributed by atoms with E-state index in [4.69, 9.17) is 5.73 Å². The second kappa shape index (κ2) is 11.1. The molecule has 1 aliphatic heterocycles. The molecular weight excluding hydrogens is 342 g/mol. The van der Waals surface area contributed by atoms with Crippen LogP contribution in [0.5, 0.6) is 0 Å². The first-order chi connectivity index (χ1) is 12.6. The molecule has 1 fully saturated rings. The van der Waals surface area contributed by atoms with Gasteiger partial charge in [-0.3, -0.25) is 14.5 Å². The van der Waals surface area contributed by atoms with E-state index in [0.717, 1.165) is 39.1 Å². The second-order valence-corrected chi connectivity index (χ2v) is 9.16. The van der Waals surface area contributed by atoms with E-state index in [2.05, 4.69) is 50.6 Å². The molecule has 5 N–H and O–H groups in total. The van der Waals surface area contributed by atoms with Gasteiger partial charge in [-0.15, -0.1) is 0 Å². The molecule has 27 heavy (non-hydrogen) atoms. The summed E-state index contributed by atoms with van der Waals surface area (Å²) in [5, 5.41) is 9.84. The van der Waals surface area contributed by atoms with Gasteiger partial charge in [0.05, 0.1) is 0 Å². The van der Waals surface area contributed by atoms with Gasteiger partial charge in [0.2, 0.25) is 11.8 Å². The van der Waals surface area contributed by atoms with Crippen molar-refractivity contribution in [3.05, 3.63) is 0 Å². The third kappa shape index (κ3) is 7.86. The van der Waals surface area contributed by atoms with Crippen LogP contribution >= 0.6 is 0 Å². The highest BCUT2D eigenvalue weighted by Gasteiger charge is 2.43. The van der Waals surface area contributed by atoms with Gasteiger partial charge < -0.3 is 21.7 Å². The van der Waals surface area contributed by atoms with Crippen molar-refractivity contribution < 1.29 is 9.59 Å². The van der Waals surface area contributed by atoms with Crippen molar-refractivity contribution in [1.82, 2.24) is 20.9 Å². The lowest BCUT2D eigenvalue weighted by Crippen LogP contribution is -2.40. The van der Waals surface area contributed by atoms with Gasteiger partial charge in [-0.25, -0.2) is 0 Å². The number of carbonyl (C=O) groups excluding carboxylic acids is 2. The van der Waals surface area contributed by atoms with Gasteiger partial charge in [-0.05, 0) is 17.3 Å². The Morgan fingerprint density at radius 2 is 1.44 bits per heavy atom. The zero-order valence-electron chi connectivity index (χ0n) is 18.0. The van der Waals surface area contributed by atoms with Crippen molar-refractivity contribution in [2.45, 2.75) is 47.5 Å². The molecule has 1 atom stereocenters. The third-order valence-corrected chi connectivity index (χ3v) is 5.91. The minimum absolute atomic E-state index is 0.00299. The number of carbonyl (C=O) groups is 2. The van der Waals surface area contributed by atoms with E-state index in [0.29, 0.717) is 26.1 Å². The molecule has 7 nitrogen and oxygen atoms in total. The summed E-state index contributed by atoms with van der Waals surface area (Å²) in [6.07, 6.45) is 1.11. The molecule has 0 aromatic rings. The lowest BCUT2D eigenvalue weighted by atomic mass is 9.65. The van der Waals surface area contributed by atoms with E-state index in [1.807, 2.05) is 0 Å². The monoisotopic (exact) mass is 383 g/mol. The maximum Gasteiger partial charge on any atom is 0.232 e. The third-order valence-electron chi connectivity index (χ3n) is 5.91. The van der Waals surface area contributed by atoms with Crippen molar-refractivity contribution in [3.63, 3.8) is 0 Å². The van der Waals surface area contributed by atoms with Crippen LogP contribution in [0.3, 0.4) is 0 Å². The Morgan fingerprint density at radius 3 is 1.96 bits per heavy atom. The molecule has 0 bridgehead atoms. The number of hydrogen-bond donors (Lipinski definition) is 4. The molecule has 0 spiro atoms. The minimum Gasteiger partial charge on any atom is -0.329 e. The number of imide groups is 1. The minimum atomic E-state index is -0.172. The number of rotatable bonds is 13. The molecule has 1 unspecified atom stereocenters. The van der Waals surface area contributed by atoms with Crippen LogP contribution in [0.4, 0.5) is 0 Å². The van der Waals surface area contributed by atoms with Crippen LogP contribution in [0.25, 0.3) is 0 Å². The van der Waals surface area contributed by atoms with Crippen molar-refractivity contribution >= 4 is 11.8 Å². The Hall–Kier alpha value is -1.02. The fraction of sp³-hybridized carbons (Fsp3) is 0.900.